The summed E-state index contributed by atoms with van der Waals surface area (Å²) in [6.07, 6.45) is 2.31. The predicted octanol–water partition coefficient (Wildman–Crippen LogP) is 1.46. The molecule has 0 aliphatic carbocycles. The van der Waals surface area contributed by atoms with Crippen LogP contribution in [0.15, 0.2) is 36.5 Å². The summed E-state index contributed by atoms with van der Waals surface area (Å²) >= 11 is 1.38. The summed E-state index contributed by atoms with van der Waals surface area (Å²) < 4.78 is 0. The van der Waals surface area contributed by atoms with Crippen molar-refractivity contribution in [2.45, 2.75) is 6.42 Å². The van der Waals surface area contributed by atoms with Gasteiger partial charge in [0.2, 0.25) is 0 Å². The molecule has 0 aliphatic heterocycles. The lowest BCUT2D eigenvalue weighted by molar-refractivity contribution is 0.0948. The summed E-state index contributed by atoms with van der Waals surface area (Å²) in [4.78, 5) is 16.4. The maximum atomic E-state index is 11.6. The molecular formula is C13H14N2O2S. The van der Waals surface area contributed by atoms with E-state index in [0.717, 1.165) is 11.4 Å². The first-order valence-corrected chi connectivity index (χ1v) is 6.49. The number of amides is 1. The lowest BCUT2D eigenvalue weighted by atomic mass is 10.2. The van der Waals surface area contributed by atoms with Crippen LogP contribution in [0.4, 0.5) is 0 Å². The highest BCUT2D eigenvalue weighted by Gasteiger charge is 2.09. The largest absolute Gasteiger partial charge is 0.395 e. The van der Waals surface area contributed by atoms with Gasteiger partial charge in [0.15, 0.2) is 0 Å². The summed E-state index contributed by atoms with van der Waals surface area (Å²) in [6.45, 7) is 0.214. The average Bonchev–Trinajstić information content (AvgIpc) is 2.86. The van der Waals surface area contributed by atoms with Gasteiger partial charge in [-0.05, 0) is 5.56 Å². The molecule has 2 rings (SSSR count). The molecule has 18 heavy (non-hydrogen) atoms. The van der Waals surface area contributed by atoms with Crippen LogP contribution in [0.3, 0.4) is 0 Å². The summed E-state index contributed by atoms with van der Waals surface area (Å²) in [5, 5.41) is 12.2. The van der Waals surface area contributed by atoms with Gasteiger partial charge >= 0.3 is 0 Å². The maximum Gasteiger partial charge on any atom is 0.263 e. The molecule has 0 atom stereocenters. The smallest absolute Gasteiger partial charge is 0.263 e. The highest BCUT2D eigenvalue weighted by molar-refractivity contribution is 7.13. The van der Waals surface area contributed by atoms with E-state index in [1.54, 1.807) is 6.20 Å². The summed E-state index contributed by atoms with van der Waals surface area (Å²) in [5.74, 6) is -0.180. The Kier molecular flexibility index (Phi) is 4.44. The highest BCUT2D eigenvalue weighted by Crippen LogP contribution is 2.16. The van der Waals surface area contributed by atoms with E-state index in [0.29, 0.717) is 4.88 Å². The second-order valence-electron chi connectivity index (χ2n) is 3.76. The normalized spacial score (nSPS) is 10.3. The monoisotopic (exact) mass is 262 g/mol. The van der Waals surface area contributed by atoms with E-state index >= 15 is 0 Å². The van der Waals surface area contributed by atoms with Crippen LogP contribution >= 0.6 is 11.3 Å². The molecule has 2 N–H and O–H groups in total. The summed E-state index contributed by atoms with van der Waals surface area (Å²) in [5.41, 5.74) is 1.18. The van der Waals surface area contributed by atoms with Crippen LogP contribution in [0.2, 0.25) is 0 Å². The minimum Gasteiger partial charge on any atom is -0.395 e. The van der Waals surface area contributed by atoms with Gasteiger partial charge in [-0.25, -0.2) is 4.98 Å². The first-order valence-electron chi connectivity index (χ1n) is 5.67. The van der Waals surface area contributed by atoms with E-state index in [9.17, 15) is 4.79 Å². The van der Waals surface area contributed by atoms with Gasteiger partial charge in [0, 0.05) is 13.0 Å². The fourth-order valence-corrected chi connectivity index (χ4v) is 2.39. The maximum absolute atomic E-state index is 11.6. The quantitative estimate of drug-likeness (QED) is 0.857. The van der Waals surface area contributed by atoms with Gasteiger partial charge in [0.1, 0.15) is 4.88 Å². The molecule has 2 aromatic rings. The Labute approximate surface area is 109 Å². The molecule has 0 saturated heterocycles. The lowest BCUT2D eigenvalue weighted by Crippen LogP contribution is -2.25. The standard InChI is InChI=1S/C13H14N2O2S/c16-7-6-14-13(17)11-9-15-12(18-11)8-10-4-2-1-3-5-10/h1-5,9,16H,6-8H2,(H,14,17). The Hall–Kier alpha value is -1.72. The van der Waals surface area contributed by atoms with Crippen molar-refractivity contribution in [3.05, 3.63) is 52.0 Å². The third kappa shape index (κ3) is 3.38. The van der Waals surface area contributed by atoms with Crippen molar-refractivity contribution in [3.8, 4) is 0 Å². The first-order chi connectivity index (χ1) is 8.79. The second kappa shape index (κ2) is 6.28. The molecule has 1 aromatic carbocycles. The minimum atomic E-state index is -0.180. The van der Waals surface area contributed by atoms with Crippen LogP contribution in [-0.4, -0.2) is 29.1 Å². The molecular weight excluding hydrogens is 248 g/mol. The van der Waals surface area contributed by atoms with E-state index in [4.69, 9.17) is 5.11 Å². The van der Waals surface area contributed by atoms with Gasteiger partial charge in [-0.2, -0.15) is 0 Å². The minimum absolute atomic E-state index is 0.0542. The Bertz CT molecular complexity index is 511. The SMILES string of the molecule is O=C(NCCO)c1cnc(Cc2ccccc2)s1. The number of hydrogen-bond donors (Lipinski definition) is 2. The number of carbonyl (C=O) groups is 1. The first kappa shape index (κ1) is 12.7. The molecule has 0 fully saturated rings. The van der Waals surface area contributed by atoms with Crippen LogP contribution in [0.25, 0.3) is 0 Å². The zero-order valence-corrected chi connectivity index (χ0v) is 10.6. The average molecular weight is 262 g/mol. The highest BCUT2D eigenvalue weighted by atomic mass is 32.1. The molecule has 0 aliphatic rings. The molecule has 0 unspecified atom stereocenters. The molecule has 0 spiro atoms. The fourth-order valence-electron chi connectivity index (χ4n) is 1.52. The van der Waals surface area contributed by atoms with Crippen molar-refractivity contribution >= 4 is 17.2 Å². The van der Waals surface area contributed by atoms with Crippen molar-refractivity contribution < 1.29 is 9.90 Å². The van der Waals surface area contributed by atoms with Crippen molar-refractivity contribution in [3.63, 3.8) is 0 Å². The molecule has 0 bridgehead atoms. The van der Waals surface area contributed by atoms with E-state index < -0.39 is 0 Å². The van der Waals surface area contributed by atoms with Gasteiger partial charge < -0.3 is 10.4 Å². The summed E-state index contributed by atoms with van der Waals surface area (Å²) in [7, 11) is 0. The fraction of sp³-hybridized carbons (Fsp3) is 0.231. The number of carbonyl (C=O) groups excluding carboxylic acids is 1. The van der Waals surface area contributed by atoms with Crippen molar-refractivity contribution in [1.29, 1.82) is 0 Å². The van der Waals surface area contributed by atoms with Crippen LogP contribution in [0.1, 0.15) is 20.2 Å². The molecule has 1 heterocycles. The number of benzene rings is 1. The Morgan fingerprint density at radius 2 is 2.11 bits per heavy atom. The molecule has 0 saturated carbocycles. The zero-order valence-electron chi connectivity index (χ0n) is 9.80. The topological polar surface area (TPSA) is 62.2 Å². The molecule has 0 radical (unpaired) electrons. The number of hydrogen-bond acceptors (Lipinski definition) is 4. The zero-order chi connectivity index (χ0) is 12.8. The van der Waals surface area contributed by atoms with E-state index in [1.165, 1.54) is 16.9 Å². The third-order valence-corrected chi connectivity index (χ3v) is 3.37. The number of rotatable bonds is 5. The Balaban J connectivity index is 2.00. The van der Waals surface area contributed by atoms with E-state index in [1.807, 2.05) is 30.3 Å². The van der Waals surface area contributed by atoms with Crippen molar-refractivity contribution in [2.24, 2.45) is 0 Å². The number of nitrogens with one attached hydrogen (secondary N) is 1. The van der Waals surface area contributed by atoms with E-state index in [2.05, 4.69) is 10.3 Å². The molecule has 4 nitrogen and oxygen atoms in total. The van der Waals surface area contributed by atoms with E-state index in [-0.39, 0.29) is 19.1 Å². The van der Waals surface area contributed by atoms with Crippen LogP contribution in [-0.2, 0) is 6.42 Å². The van der Waals surface area contributed by atoms with Gasteiger partial charge in [-0.1, -0.05) is 30.3 Å². The van der Waals surface area contributed by atoms with Gasteiger partial charge in [0.05, 0.1) is 17.8 Å². The number of aromatic nitrogens is 1. The molecule has 1 amide bonds. The number of aliphatic hydroxyl groups is 1. The number of aliphatic hydroxyl groups excluding tert-OH is 1. The van der Waals surface area contributed by atoms with Crippen molar-refractivity contribution in [2.75, 3.05) is 13.2 Å². The van der Waals surface area contributed by atoms with Gasteiger partial charge in [-0.3, -0.25) is 4.79 Å². The van der Waals surface area contributed by atoms with Crippen LogP contribution < -0.4 is 5.32 Å². The number of nitrogens with zero attached hydrogens (tertiary/aromatic N) is 1. The van der Waals surface area contributed by atoms with Gasteiger partial charge in [-0.15, -0.1) is 11.3 Å². The Morgan fingerprint density at radius 1 is 1.33 bits per heavy atom. The third-order valence-electron chi connectivity index (χ3n) is 2.37. The summed E-state index contributed by atoms with van der Waals surface area (Å²) in [6, 6.07) is 10.0. The van der Waals surface area contributed by atoms with Crippen molar-refractivity contribution in [1.82, 2.24) is 10.3 Å². The molecule has 5 heteroatoms. The molecule has 94 valence electrons. The molecule has 1 aromatic heterocycles. The van der Waals surface area contributed by atoms with Crippen LogP contribution in [0, 0.1) is 0 Å². The Morgan fingerprint density at radius 3 is 2.83 bits per heavy atom. The number of thiazole rings is 1. The van der Waals surface area contributed by atoms with Crippen LogP contribution in [0.5, 0.6) is 0 Å². The second-order valence-corrected chi connectivity index (χ2v) is 4.88. The predicted molar refractivity (Wildman–Crippen MR) is 70.8 cm³/mol. The van der Waals surface area contributed by atoms with Gasteiger partial charge in [0.25, 0.3) is 5.91 Å². The lowest BCUT2D eigenvalue weighted by Gasteiger charge is -1.98.